The first-order valence-corrected chi connectivity index (χ1v) is 10.7. The van der Waals surface area contributed by atoms with Gasteiger partial charge < -0.3 is 9.47 Å². The highest BCUT2D eigenvalue weighted by Gasteiger charge is 2.12. The second kappa shape index (κ2) is 11.2. The van der Waals surface area contributed by atoms with Crippen LogP contribution in [0.4, 0.5) is 0 Å². The summed E-state index contributed by atoms with van der Waals surface area (Å²) in [4.78, 5) is 12.2. The first-order valence-electron chi connectivity index (χ1n) is 9.09. The van der Waals surface area contributed by atoms with E-state index < -0.39 is 0 Å². The summed E-state index contributed by atoms with van der Waals surface area (Å²) in [6.45, 7) is 10.0. The Balaban J connectivity index is 2.00. The number of aryl methyl sites for hydroxylation is 1. The highest BCUT2D eigenvalue weighted by atomic mass is 79.9. The number of nitrogens with one attached hydrogen (secondary N) is 1. The van der Waals surface area contributed by atoms with Gasteiger partial charge in [0.25, 0.3) is 5.91 Å². The molecular weight excluding hydrogens is 500 g/mol. The van der Waals surface area contributed by atoms with Crippen LogP contribution in [0.1, 0.15) is 36.5 Å². The van der Waals surface area contributed by atoms with E-state index in [0.717, 1.165) is 25.6 Å². The van der Waals surface area contributed by atoms with Crippen molar-refractivity contribution >= 4 is 44.0 Å². The lowest BCUT2D eigenvalue weighted by atomic mass is 10.0. The van der Waals surface area contributed by atoms with E-state index in [1.165, 1.54) is 6.21 Å². The molecule has 0 aliphatic rings. The molecule has 2 aromatic carbocycles. The van der Waals surface area contributed by atoms with Gasteiger partial charge >= 0.3 is 0 Å². The van der Waals surface area contributed by atoms with E-state index in [1.54, 1.807) is 6.08 Å². The maximum Gasteiger partial charge on any atom is 0.277 e. The molecule has 1 amide bonds. The minimum Gasteiger partial charge on any atom is -0.489 e. The lowest BCUT2D eigenvalue weighted by molar-refractivity contribution is -0.123. The smallest absolute Gasteiger partial charge is 0.277 e. The molecule has 0 heterocycles. The largest absolute Gasteiger partial charge is 0.489 e. The van der Waals surface area contributed by atoms with Crippen molar-refractivity contribution in [1.82, 2.24) is 5.43 Å². The summed E-state index contributed by atoms with van der Waals surface area (Å²) in [6.07, 6.45) is 3.20. The van der Waals surface area contributed by atoms with Crippen LogP contribution in [0.3, 0.4) is 0 Å². The molecule has 2 aromatic rings. The molecule has 0 radical (unpaired) electrons. The lowest BCUT2D eigenvalue weighted by Gasteiger charge is -2.15. The number of hydrazone groups is 1. The number of amides is 1. The topological polar surface area (TPSA) is 59.9 Å². The average Bonchev–Trinajstić information content (AvgIpc) is 2.67. The summed E-state index contributed by atoms with van der Waals surface area (Å²) < 4.78 is 13.2. The molecule has 29 heavy (non-hydrogen) atoms. The van der Waals surface area contributed by atoms with Crippen molar-refractivity contribution in [2.75, 3.05) is 13.2 Å². The molecule has 154 valence electrons. The number of rotatable bonds is 9. The molecule has 2 rings (SSSR count). The van der Waals surface area contributed by atoms with Crippen LogP contribution in [-0.2, 0) is 4.79 Å². The summed E-state index contributed by atoms with van der Waals surface area (Å²) in [5.74, 6) is 1.27. The van der Waals surface area contributed by atoms with Gasteiger partial charge in [0, 0.05) is 14.5 Å². The Morgan fingerprint density at radius 1 is 1.21 bits per heavy atom. The maximum atomic E-state index is 12.2. The van der Waals surface area contributed by atoms with Crippen LogP contribution < -0.4 is 14.9 Å². The van der Waals surface area contributed by atoms with E-state index in [9.17, 15) is 4.79 Å². The van der Waals surface area contributed by atoms with Crippen LogP contribution in [0.15, 0.2) is 57.0 Å². The van der Waals surface area contributed by atoms with E-state index in [-0.39, 0.29) is 18.4 Å². The third-order valence-electron chi connectivity index (χ3n) is 3.99. The number of carbonyl (C=O) groups is 1. The molecular formula is C22H24Br2N2O3. The van der Waals surface area contributed by atoms with Crippen molar-refractivity contribution in [2.45, 2.75) is 26.7 Å². The summed E-state index contributed by atoms with van der Waals surface area (Å²) in [7, 11) is 0. The molecule has 0 fully saturated rings. The summed E-state index contributed by atoms with van der Waals surface area (Å²) >= 11 is 6.96. The third kappa shape index (κ3) is 7.01. The van der Waals surface area contributed by atoms with Crippen LogP contribution in [0.2, 0.25) is 0 Å². The van der Waals surface area contributed by atoms with Gasteiger partial charge in [-0.2, -0.15) is 5.10 Å². The van der Waals surface area contributed by atoms with E-state index in [2.05, 4.69) is 62.8 Å². The van der Waals surface area contributed by atoms with Crippen LogP contribution in [0.5, 0.6) is 11.5 Å². The molecule has 0 unspecified atom stereocenters. The fourth-order valence-corrected chi connectivity index (χ4v) is 3.24. The monoisotopic (exact) mass is 522 g/mol. The van der Waals surface area contributed by atoms with Gasteiger partial charge in [0.05, 0.1) is 6.21 Å². The number of benzene rings is 2. The minimum absolute atomic E-state index is 0.129. The fourth-order valence-electron chi connectivity index (χ4n) is 2.50. The van der Waals surface area contributed by atoms with Crippen molar-refractivity contribution in [3.05, 3.63) is 68.6 Å². The highest BCUT2D eigenvalue weighted by molar-refractivity contribution is 9.10. The molecule has 0 aromatic heterocycles. The first kappa shape index (κ1) is 23.2. The average molecular weight is 524 g/mol. The number of hydrogen-bond acceptors (Lipinski definition) is 4. The molecule has 7 heteroatoms. The normalized spacial score (nSPS) is 11.0. The van der Waals surface area contributed by atoms with E-state index >= 15 is 0 Å². The number of carbonyl (C=O) groups excluding carboxylic acids is 1. The van der Waals surface area contributed by atoms with Gasteiger partial charge in [-0.3, -0.25) is 4.79 Å². The molecule has 0 saturated carbocycles. The summed E-state index contributed by atoms with van der Waals surface area (Å²) in [5, 5.41) is 4.01. The third-order valence-corrected chi connectivity index (χ3v) is 5.34. The SMILES string of the molecule is C=CCOc1ccc(Br)cc1/C=N\NC(=O)COc1cc(C)c(Br)cc1C(C)C. The minimum atomic E-state index is -0.347. The van der Waals surface area contributed by atoms with Crippen molar-refractivity contribution < 1.29 is 14.3 Å². The van der Waals surface area contributed by atoms with Gasteiger partial charge in [0.15, 0.2) is 6.61 Å². The van der Waals surface area contributed by atoms with Gasteiger partial charge in [-0.25, -0.2) is 5.43 Å². The summed E-state index contributed by atoms with van der Waals surface area (Å²) in [6, 6.07) is 9.51. The molecule has 5 nitrogen and oxygen atoms in total. The van der Waals surface area contributed by atoms with Crippen molar-refractivity contribution in [2.24, 2.45) is 5.10 Å². The lowest BCUT2D eigenvalue weighted by Crippen LogP contribution is -2.25. The van der Waals surface area contributed by atoms with Crippen molar-refractivity contribution in [3.8, 4) is 11.5 Å². The zero-order chi connectivity index (χ0) is 21.4. The van der Waals surface area contributed by atoms with Crippen LogP contribution >= 0.6 is 31.9 Å². The predicted molar refractivity (Wildman–Crippen MR) is 124 cm³/mol. The van der Waals surface area contributed by atoms with Gasteiger partial charge in [-0.05, 0) is 54.3 Å². The first-order chi connectivity index (χ1) is 13.8. The van der Waals surface area contributed by atoms with E-state index in [4.69, 9.17) is 9.47 Å². The molecule has 0 spiro atoms. The van der Waals surface area contributed by atoms with Crippen LogP contribution in [0, 0.1) is 6.92 Å². The van der Waals surface area contributed by atoms with E-state index in [0.29, 0.717) is 18.1 Å². The van der Waals surface area contributed by atoms with Gasteiger partial charge in [-0.15, -0.1) is 0 Å². The van der Waals surface area contributed by atoms with Gasteiger partial charge in [-0.1, -0.05) is 58.4 Å². The Bertz CT molecular complexity index is 911. The molecule has 0 aliphatic heterocycles. The molecule has 0 bridgehead atoms. The predicted octanol–water partition coefficient (Wildman–Crippen LogP) is 5.74. The fraction of sp³-hybridized carbons (Fsp3) is 0.273. The number of ether oxygens (including phenoxy) is 2. The van der Waals surface area contributed by atoms with Gasteiger partial charge in [0.1, 0.15) is 18.1 Å². The molecule has 0 atom stereocenters. The zero-order valence-corrected chi connectivity index (χ0v) is 19.8. The highest BCUT2D eigenvalue weighted by Crippen LogP contribution is 2.32. The van der Waals surface area contributed by atoms with Crippen molar-refractivity contribution in [1.29, 1.82) is 0 Å². The summed E-state index contributed by atoms with van der Waals surface area (Å²) in [5.41, 5.74) is 5.30. The molecule has 1 N–H and O–H groups in total. The maximum absolute atomic E-state index is 12.2. The van der Waals surface area contributed by atoms with Crippen molar-refractivity contribution in [3.63, 3.8) is 0 Å². The Morgan fingerprint density at radius 3 is 2.66 bits per heavy atom. The van der Waals surface area contributed by atoms with E-state index in [1.807, 2.05) is 37.3 Å². The van der Waals surface area contributed by atoms with Gasteiger partial charge in [0.2, 0.25) is 0 Å². The van der Waals surface area contributed by atoms with Crippen LogP contribution in [0.25, 0.3) is 0 Å². The Kier molecular flexibility index (Phi) is 8.92. The molecule has 0 aliphatic carbocycles. The number of nitrogens with zero attached hydrogens (tertiary/aromatic N) is 1. The Morgan fingerprint density at radius 2 is 1.97 bits per heavy atom. The zero-order valence-electron chi connectivity index (χ0n) is 16.7. The quantitative estimate of drug-likeness (QED) is 0.259. The number of halogens is 2. The second-order valence-corrected chi connectivity index (χ2v) is 8.43. The Hall–Kier alpha value is -2.12. The van der Waals surface area contributed by atoms with Crippen LogP contribution in [-0.4, -0.2) is 25.3 Å². The number of hydrogen-bond donors (Lipinski definition) is 1. The Labute approximate surface area is 188 Å². The standard InChI is InChI=1S/C22H24Br2N2O3/c1-5-8-28-20-7-6-17(23)10-16(20)12-25-26-22(27)13-29-21-9-15(4)19(24)11-18(21)14(2)3/h5-7,9-12,14H,1,8,13H2,2-4H3,(H,26,27)/b25-12-. The second-order valence-electron chi connectivity index (χ2n) is 6.66. The molecule has 0 saturated heterocycles.